The fourth-order valence-corrected chi connectivity index (χ4v) is 7.32. The maximum absolute atomic E-state index is 13.8. The first kappa shape index (κ1) is 34.0. The van der Waals surface area contributed by atoms with Crippen molar-refractivity contribution in [3.63, 3.8) is 0 Å². The molecule has 1 saturated carbocycles. The third-order valence-electron chi connectivity index (χ3n) is 9.71. The molecular weight excluding hydrogens is 562 g/mol. The van der Waals surface area contributed by atoms with Crippen LogP contribution in [0.2, 0.25) is 0 Å². The number of likely N-dealkylation sites (tertiary alicyclic amines) is 1. The first-order valence-electron chi connectivity index (χ1n) is 16.6. The van der Waals surface area contributed by atoms with Crippen molar-refractivity contribution < 1.29 is 33.7 Å². The Bertz CT molecular complexity index is 1100. The molecule has 5 atom stereocenters. The monoisotopic (exact) mass is 615 g/mol. The molecule has 4 aliphatic rings. The summed E-state index contributed by atoms with van der Waals surface area (Å²) in [7, 11) is 5.65. The number of allylic oxidation sites excluding steroid dienone is 3. The predicted molar refractivity (Wildman–Crippen MR) is 167 cm³/mol. The number of amides is 1. The van der Waals surface area contributed by atoms with Crippen LogP contribution in [0.5, 0.6) is 0 Å². The van der Waals surface area contributed by atoms with Gasteiger partial charge in [0.15, 0.2) is 11.5 Å². The number of aliphatic carboxylic acids is 1. The van der Waals surface area contributed by atoms with Gasteiger partial charge in [-0.2, -0.15) is 0 Å². The number of Topliss-reactive ketones (excluding diaryl/α,β-unsaturated/α-hetero) is 1. The minimum Gasteiger partial charge on any atom is -0.493 e. The van der Waals surface area contributed by atoms with E-state index in [2.05, 4.69) is 16.7 Å². The normalized spacial score (nSPS) is 27.1. The number of carbonyl (C=O) groups is 3. The summed E-state index contributed by atoms with van der Waals surface area (Å²) in [6, 6.07) is -0.305. The summed E-state index contributed by atoms with van der Waals surface area (Å²) in [4.78, 5) is 45.6. The molecule has 2 unspecified atom stereocenters. The standard InChI is InChI=1S/C34H53N3O7/c1-5-6-18-36(19-10-17-35(2)3)31(39)22-37-21-26(25-15-16-29(42-4)33-30(20-25)43-23-44-33)32(34(40)41)27(37)13-9-12-24-11-7-8-14-28(24)38/h15-16,20,24-27,32H,5-14,17-19,21-23H2,1-4H3,(H,40,41)/t24?,25?,26-,27+,32-/m1/s1. The van der Waals surface area contributed by atoms with E-state index in [0.717, 1.165) is 57.9 Å². The van der Waals surface area contributed by atoms with Crippen LogP contribution >= 0.6 is 0 Å². The van der Waals surface area contributed by atoms with Crippen LogP contribution in [0, 0.1) is 23.7 Å². The Morgan fingerprint density at radius 1 is 1.09 bits per heavy atom. The fourth-order valence-electron chi connectivity index (χ4n) is 7.32. The summed E-state index contributed by atoms with van der Waals surface area (Å²) < 4.78 is 16.9. The smallest absolute Gasteiger partial charge is 0.308 e. The van der Waals surface area contributed by atoms with Crippen LogP contribution in [0.4, 0.5) is 0 Å². The van der Waals surface area contributed by atoms with Crippen LogP contribution < -0.4 is 0 Å². The highest BCUT2D eigenvalue weighted by Crippen LogP contribution is 2.42. The Labute approximate surface area is 263 Å². The summed E-state index contributed by atoms with van der Waals surface area (Å²) in [5.41, 5.74) is 0. The van der Waals surface area contributed by atoms with Gasteiger partial charge in [0.05, 0.1) is 19.6 Å². The zero-order chi connectivity index (χ0) is 31.6. The van der Waals surface area contributed by atoms with Crippen LogP contribution in [0.3, 0.4) is 0 Å². The maximum Gasteiger partial charge on any atom is 0.308 e. The van der Waals surface area contributed by atoms with Gasteiger partial charge in [0.1, 0.15) is 5.78 Å². The molecule has 0 aromatic carbocycles. The molecule has 0 aromatic heterocycles. The van der Waals surface area contributed by atoms with Gasteiger partial charge in [0, 0.05) is 43.9 Å². The molecule has 0 radical (unpaired) electrons. The lowest BCUT2D eigenvalue weighted by molar-refractivity contribution is -0.145. The summed E-state index contributed by atoms with van der Waals surface area (Å²) in [5, 5.41) is 10.7. The van der Waals surface area contributed by atoms with E-state index in [1.807, 2.05) is 37.2 Å². The van der Waals surface area contributed by atoms with Crippen molar-refractivity contribution >= 4 is 17.7 Å². The predicted octanol–water partition coefficient (Wildman–Crippen LogP) is 4.43. The average Bonchev–Trinajstić information content (AvgIpc) is 3.55. The maximum atomic E-state index is 13.8. The number of hydrogen-bond donors (Lipinski definition) is 1. The van der Waals surface area contributed by atoms with Crippen LogP contribution in [0.15, 0.2) is 35.5 Å². The van der Waals surface area contributed by atoms with E-state index in [9.17, 15) is 19.5 Å². The molecule has 2 heterocycles. The van der Waals surface area contributed by atoms with E-state index in [0.29, 0.717) is 55.5 Å². The molecule has 2 saturated heterocycles. The molecule has 1 N–H and O–H groups in total. The summed E-state index contributed by atoms with van der Waals surface area (Å²) in [6.07, 6.45) is 14.4. The van der Waals surface area contributed by atoms with E-state index in [1.54, 1.807) is 7.11 Å². The number of ketones is 1. The van der Waals surface area contributed by atoms with Gasteiger partial charge in [0.2, 0.25) is 18.5 Å². The van der Waals surface area contributed by atoms with Crippen LogP contribution in [-0.4, -0.2) is 104 Å². The van der Waals surface area contributed by atoms with E-state index in [1.165, 1.54) is 0 Å². The average molecular weight is 616 g/mol. The number of nitrogens with zero attached hydrogens (tertiary/aromatic N) is 3. The Hall–Kier alpha value is -2.85. The highest BCUT2D eigenvalue weighted by atomic mass is 16.7. The number of carboxylic acid groups (broad SMARTS) is 1. The molecule has 246 valence electrons. The molecule has 0 aromatic rings. The highest BCUT2D eigenvalue weighted by molar-refractivity contribution is 5.81. The zero-order valence-corrected chi connectivity index (χ0v) is 27.2. The van der Waals surface area contributed by atoms with Gasteiger partial charge in [-0.15, -0.1) is 0 Å². The van der Waals surface area contributed by atoms with Crippen molar-refractivity contribution in [1.29, 1.82) is 0 Å². The Morgan fingerprint density at radius 2 is 1.89 bits per heavy atom. The van der Waals surface area contributed by atoms with Crippen LogP contribution in [-0.2, 0) is 28.6 Å². The Morgan fingerprint density at radius 3 is 2.59 bits per heavy atom. The molecule has 44 heavy (non-hydrogen) atoms. The van der Waals surface area contributed by atoms with Crippen molar-refractivity contribution in [1.82, 2.24) is 14.7 Å². The quantitative estimate of drug-likeness (QED) is 0.270. The second kappa shape index (κ2) is 16.5. The molecule has 3 fully saturated rings. The number of rotatable bonds is 16. The van der Waals surface area contributed by atoms with Crippen molar-refractivity contribution in [2.75, 3.05) is 60.7 Å². The highest BCUT2D eigenvalue weighted by Gasteiger charge is 2.49. The molecular formula is C34H53N3O7. The number of methoxy groups -OCH3 is 1. The number of ether oxygens (including phenoxy) is 3. The SMILES string of the molecule is CCCCN(CCCN(C)C)C(=O)CN1C[C@H](C2C=CC(OC)=C3OCOC3=C2)[C@@H](C(=O)O)[C@@H]1CCCC1CCCCC1=O. The van der Waals surface area contributed by atoms with Crippen molar-refractivity contribution in [3.8, 4) is 0 Å². The molecule has 2 aliphatic carbocycles. The van der Waals surface area contributed by atoms with Gasteiger partial charge in [-0.3, -0.25) is 19.3 Å². The van der Waals surface area contributed by atoms with Gasteiger partial charge < -0.3 is 29.1 Å². The van der Waals surface area contributed by atoms with E-state index in [4.69, 9.17) is 14.2 Å². The first-order valence-corrected chi connectivity index (χ1v) is 16.6. The van der Waals surface area contributed by atoms with Crippen molar-refractivity contribution in [2.45, 2.75) is 77.2 Å². The van der Waals surface area contributed by atoms with E-state index < -0.39 is 11.9 Å². The van der Waals surface area contributed by atoms with Gasteiger partial charge >= 0.3 is 5.97 Å². The third kappa shape index (κ3) is 8.65. The lowest BCUT2D eigenvalue weighted by Gasteiger charge is -2.30. The van der Waals surface area contributed by atoms with E-state index >= 15 is 0 Å². The van der Waals surface area contributed by atoms with Gasteiger partial charge in [-0.05, 0) is 77.2 Å². The number of hydrogen-bond acceptors (Lipinski definition) is 8. The Kier molecular flexibility index (Phi) is 12.7. The van der Waals surface area contributed by atoms with Crippen LogP contribution in [0.1, 0.15) is 71.1 Å². The topological polar surface area (TPSA) is 109 Å². The zero-order valence-electron chi connectivity index (χ0n) is 27.2. The molecule has 1 amide bonds. The van der Waals surface area contributed by atoms with Crippen LogP contribution in [0.25, 0.3) is 0 Å². The number of carbonyl (C=O) groups excluding carboxylic acids is 2. The summed E-state index contributed by atoms with van der Waals surface area (Å²) in [6.45, 7) is 5.19. The molecule has 4 rings (SSSR count). The second-order valence-corrected chi connectivity index (χ2v) is 13.0. The van der Waals surface area contributed by atoms with Gasteiger partial charge in [0.25, 0.3) is 0 Å². The Balaban J connectivity index is 1.56. The minimum atomic E-state index is -0.850. The number of carboxylic acids is 1. The molecule has 10 heteroatoms. The lowest BCUT2D eigenvalue weighted by atomic mass is 9.78. The fraction of sp³-hybridized carbons (Fsp3) is 0.735. The summed E-state index contributed by atoms with van der Waals surface area (Å²) in [5.74, 6) is 0.0779. The van der Waals surface area contributed by atoms with Gasteiger partial charge in [-0.1, -0.05) is 32.3 Å². The first-order chi connectivity index (χ1) is 21.2. The number of fused-ring (bicyclic) bond motifs is 1. The van der Waals surface area contributed by atoms with Crippen molar-refractivity contribution in [2.24, 2.45) is 23.7 Å². The second-order valence-electron chi connectivity index (χ2n) is 13.0. The minimum absolute atomic E-state index is 0.0577. The van der Waals surface area contributed by atoms with E-state index in [-0.39, 0.29) is 43.0 Å². The summed E-state index contributed by atoms with van der Waals surface area (Å²) >= 11 is 0. The number of unbranched alkanes of at least 4 members (excludes halogenated alkanes) is 1. The lowest BCUT2D eigenvalue weighted by Crippen LogP contribution is -2.45. The molecule has 0 spiro atoms. The van der Waals surface area contributed by atoms with Crippen molar-refractivity contribution in [3.05, 3.63) is 35.5 Å². The largest absolute Gasteiger partial charge is 0.493 e. The van der Waals surface area contributed by atoms with Gasteiger partial charge in [-0.25, -0.2) is 0 Å². The molecule has 0 bridgehead atoms. The molecule has 2 aliphatic heterocycles. The molecule has 10 nitrogen and oxygen atoms in total. The third-order valence-corrected chi connectivity index (χ3v) is 9.71.